The maximum Gasteiger partial charge on any atom is 0.248 e. The second-order valence-corrected chi connectivity index (χ2v) is 6.72. The maximum atomic E-state index is 13.2. The van der Waals surface area contributed by atoms with Crippen LogP contribution >= 0.6 is 0 Å². The van der Waals surface area contributed by atoms with Gasteiger partial charge in [0.2, 0.25) is 5.92 Å². The number of benzene rings is 1. The van der Waals surface area contributed by atoms with E-state index in [1.807, 2.05) is 24.3 Å². The summed E-state index contributed by atoms with van der Waals surface area (Å²) in [5.41, 5.74) is 0.791. The molecule has 1 N–H and O–H groups in total. The van der Waals surface area contributed by atoms with E-state index in [0.717, 1.165) is 11.1 Å². The first-order valence-corrected chi connectivity index (χ1v) is 6.84. The average Bonchev–Trinajstić information content (AvgIpc) is 2.33. The van der Waals surface area contributed by atoms with Gasteiger partial charge in [-0.1, -0.05) is 45.0 Å². The van der Waals surface area contributed by atoms with Crippen molar-refractivity contribution in [3.63, 3.8) is 0 Å². The molecule has 1 nitrogen and oxygen atoms in total. The molecular weight excluding hydrogens is 246 g/mol. The van der Waals surface area contributed by atoms with Gasteiger partial charge in [-0.25, -0.2) is 8.78 Å². The SMILES string of the molecule is CC(C)(C)c1cccc(C2(O)CCC(F)(F)CC2)c1. The van der Waals surface area contributed by atoms with Crippen molar-refractivity contribution in [2.75, 3.05) is 0 Å². The Morgan fingerprint density at radius 3 is 2.16 bits per heavy atom. The minimum absolute atomic E-state index is 0.00895. The van der Waals surface area contributed by atoms with E-state index in [-0.39, 0.29) is 31.1 Å². The number of rotatable bonds is 1. The molecule has 0 spiro atoms. The molecule has 0 aromatic heterocycles. The Kier molecular flexibility index (Phi) is 3.46. The maximum absolute atomic E-state index is 13.2. The van der Waals surface area contributed by atoms with Gasteiger partial charge in [-0.15, -0.1) is 0 Å². The van der Waals surface area contributed by atoms with Crippen molar-refractivity contribution in [3.8, 4) is 0 Å². The quantitative estimate of drug-likeness (QED) is 0.801. The van der Waals surface area contributed by atoms with Crippen LogP contribution in [-0.2, 0) is 11.0 Å². The topological polar surface area (TPSA) is 20.2 Å². The molecular formula is C16H22F2O. The van der Waals surface area contributed by atoms with Crippen LogP contribution in [0.15, 0.2) is 24.3 Å². The predicted molar refractivity (Wildman–Crippen MR) is 72.5 cm³/mol. The fourth-order valence-electron chi connectivity index (χ4n) is 2.59. The second kappa shape index (κ2) is 4.55. The first-order chi connectivity index (χ1) is 8.62. The molecule has 3 heteroatoms. The summed E-state index contributed by atoms with van der Waals surface area (Å²) in [6.07, 6.45) is -0.201. The summed E-state index contributed by atoms with van der Waals surface area (Å²) in [6, 6.07) is 7.73. The summed E-state index contributed by atoms with van der Waals surface area (Å²) in [4.78, 5) is 0. The van der Waals surface area contributed by atoms with Crippen LogP contribution in [0.3, 0.4) is 0 Å². The van der Waals surface area contributed by atoms with Gasteiger partial charge in [-0.3, -0.25) is 0 Å². The van der Waals surface area contributed by atoms with E-state index in [4.69, 9.17) is 0 Å². The molecule has 1 fully saturated rings. The van der Waals surface area contributed by atoms with Crippen LogP contribution in [0.1, 0.15) is 57.6 Å². The van der Waals surface area contributed by atoms with Crippen LogP contribution in [0, 0.1) is 0 Å². The highest BCUT2D eigenvalue weighted by Crippen LogP contribution is 2.44. The first kappa shape index (κ1) is 14.4. The monoisotopic (exact) mass is 268 g/mol. The lowest BCUT2D eigenvalue weighted by Gasteiger charge is -2.37. The molecule has 1 aromatic rings. The smallest absolute Gasteiger partial charge is 0.248 e. The van der Waals surface area contributed by atoms with Crippen LogP contribution in [0.4, 0.5) is 8.78 Å². The molecule has 0 heterocycles. The molecule has 0 unspecified atom stereocenters. The normalized spacial score (nSPS) is 22.2. The van der Waals surface area contributed by atoms with Crippen molar-refractivity contribution in [3.05, 3.63) is 35.4 Å². The van der Waals surface area contributed by atoms with Crippen molar-refractivity contribution in [2.24, 2.45) is 0 Å². The van der Waals surface area contributed by atoms with Gasteiger partial charge >= 0.3 is 0 Å². The van der Waals surface area contributed by atoms with Gasteiger partial charge in [0, 0.05) is 12.8 Å². The standard InChI is InChI=1S/C16H22F2O/c1-14(2,3)12-5-4-6-13(11-12)15(19)7-9-16(17,18)10-8-15/h4-6,11,19H,7-10H2,1-3H3. The van der Waals surface area contributed by atoms with Gasteiger partial charge in [0.25, 0.3) is 0 Å². The number of hydrogen-bond donors (Lipinski definition) is 1. The summed E-state index contributed by atoms with van der Waals surface area (Å²) < 4.78 is 26.4. The van der Waals surface area contributed by atoms with Crippen LogP contribution in [0.5, 0.6) is 0 Å². The van der Waals surface area contributed by atoms with E-state index in [2.05, 4.69) is 20.8 Å². The van der Waals surface area contributed by atoms with Crippen LogP contribution in [0.2, 0.25) is 0 Å². The van der Waals surface area contributed by atoms with Gasteiger partial charge in [-0.05, 0) is 29.4 Å². The van der Waals surface area contributed by atoms with Crippen molar-refractivity contribution in [1.82, 2.24) is 0 Å². The molecule has 0 amide bonds. The third-order valence-electron chi connectivity index (χ3n) is 4.07. The van der Waals surface area contributed by atoms with Crippen molar-refractivity contribution in [2.45, 2.75) is 63.4 Å². The molecule has 106 valence electrons. The molecule has 1 aromatic carbocycles. The Bertz CT molecular complexity index is 450. The Hall–Kier alpha value is -0.960. The van der Waals surface area contributed by atoms with E-state index in [0.29, 0.717) is 0 Å². The predicted octanol–water partition coefficient (Wildman–Crippen LogP) is 4.38. The van der Waals surface area contributed by atoms with Gasteiger partial charge < -0.3 is 5.11 Å². The minimum atomic E-state index is -2.62. The van der Waals surface area contributed by atoms with Gasteiger partial charge in [-0.2, -0.15) is 0 Å². The minimum Gasteiger partial charge on any atom is -0.385 e. The third kappa shape index (κ3) is 3.14. The number of aliphatic hydroxyl groups is 1. The van der Waals surface area contributed by atoms with Gasteiger partial charge in [0.15, 0.2) is 0 Å². The molecule has 0 bridgehead atoms. The molecule has 0 aliphatic heterocycles. The Balaban J connectivity index is 2.27. The summed E-state index contributed by atoms with van der Waals surface area (Å²) in [6.45, 7) is 6.31. The molecule has 1 saturated carbocycles. The van der Waals surface area contributed by atoms with Crippen LogP contribution in [-0.4, -0.2) is 11.0 Å². The van der Waals surface area contributed by atoms with Crippen molar-refractivity contribution in [1.29, 1.82) is 0 Å². The first-order valence-electron chi connectivity index (χ1n) is 6.84. The van der Waals surface area contributed by atoms with E-state index in [1.54, 1.807) is 0 Å². The summed E-state index contributed by atoms with van der Waals surface area (Å²) in [5, 5.41) is 10.6. The number of halogens is 2. The van der Waals surface area contributed by atoms with E-state index in [1.165, 1.54) is 0 Å². The van der Waals surface area contributed by atoms with E-state index in [9.17, 15) is 13.9 Å². The molecule has 1 aliphatic carbocycles. The largest absolute Gasteiger partial charge is 0.385 e. The Morgan fingerprint density at radius 1 is 1.05 bits per heavy atom. The molecule has 0 atom stereocenters. The van der Waals surface area contributed by atoms with Crippen LogP contribution in [0.25, 0.3) is 0 Å². The lowest BCUT2D eigenvalue weighted by atomic mass is 9.76. The molecule has 1 aliphatic rings. The molecule has 0 radical (unpaired) electrons. The number of hydrogen-bond acceptors (Lipinski definition) is 1. The zero-order valence-corrected chi connectivity index (χ0v) is 11.8. The second-order valence-electron chi connectivity index (χ2n) is 6.72. The average molecular weight is 268 g/mol. The highest BCUT2D eigenvalue weighted by molar-refractivity contribution is 5.32. The lowest BCUT2D eigenvalue weighted by Crippen LogP contribution is -2.36. The zero-order valence-electron chi connectivity index (χ0n) is 11.8. The van der Waals surface area contributed by atoms with Crippen molar-refractivity contribution < 1.29 is 13.9 Å². The summed E-state index contributed by atoms with van der Waals surface area (Å²) >= 11 is 0. The Labute approximate surface area is 113 Å². The molecule has 2 rings (SSSR count). The fraction of sp³-hybridized carbons (Fsp3) is 0.625. The lowest BCUT2D eigenvalue weighted by molar-refractivity contribution is -0.107. The highest BCUT2D eigenvalue weighted by atomic mass is 19.3. The zero-order chi connectivity index (χ0) is 14.3. The van der Waals surface area contributed by atoms with Gasteiger partial charge in [0.05, 0.1) is 5.60 Å². The van der Waals surface area contributed by atoms with E-state index >= 15 is 0 Å². The van der Waals surface area contributed by atoms with Crippen LogP contribution < -0.4 is 0 Å². The number of alkyl halides is 2. The molecule has 19 heavy (non-hydrogen) atoms. The van der Waals surface area contributed by atoms with Crippen molar-refractivity contribution >= 4 is 0 Å². The summed E-state index contributed by atoms with van der Waals surface area (Å²) in [5.74, 6) is -2.62. The third-order valence-corrected chi connectivity index (χ3v) is 4.07. The van der Waals surface area contributed by atoms with Gasteiger partial charge in [0.1, 0.15) is 0 Å². The molecule has 0 saturated heterocycles. The highest BCUT2D eigenvalue weighted by Gasteiger charge is 2.43. The fourth-order valence-corrected chi connectivity index (χ4v) is 2.59. The van der Waals surface area contributed by atoms with E-state index < -0.39 is 11.5 Å². The summed E-state index contributed by atoms with van der Waals surface area (Å²) in [7, 11) is 0. The Morgan fingerprint density at radius 2 is 1.63 bits per heavy atom.